The van der Waals surface area contributed by atoms with Gasteiger partial charge in [0.2, 0.25) is 5.91 Å². The lowest BCUT2D eigenvalue weighted by molar-refractivity contribution is -0.117. The Labute approximate surface area is 155 Å². The van der Waals surface area contributed by atoms with Crippen molar-refractivity contribution in [2.45, 2.75) is 19.8 Å². The molecule has 3 aromatic rings. The van der Waals surface area contributed by atoms with Crippen molar-refractivity contribution in [2.75, 3.05) is 10.6 Å². The lowest BCUT2D eigenvalue weighted by Gasteiger charge is -2.09. The Kier molecular flexibility index (Phi) is 4.42. The van der Waals surface area contributed by atoms with Crippen molar-refractivity contribution in [1.82, 2.24) is 10.1 Å². The van der Waals surface area contributed by atoms with E-state index >= 15 is 0 Å². The Morgan fingerprint density at radius 3 is 2.30 bits per heavy atom. The molecule has 7 nitrogen and oxygen atoms in total. The van der Waals surface area contributed by atoms with E-state index in [9.17, 15) is 9.59 Å². The number of amides is 2. The Bertz CT molecular complexity index is 990. The van der Waals surface area contributed by atoms with Crippen LogP contribution in [0.5, 0.6) is 0 Å². The number of aromatic nitrogens is 2. The monoisotopic (exact) mass is 362 g/mol. The van der Waals surface area contributed by atoms with Crippen LogP contribution in [-0.4, -0.2) is 22.0 Å². The van der Waals surface area contributed by atoms with Crippen LogP contribution >= 0.6 is 0 Å². The minimum absolute atomic E-state index is 0.0514. The maximum absolute atomic E-state index is 12.7. The zero-order valence-electron chi connectivity index (χ0n) is 14.7. The molecule has 0 aliphatic heterocycles. The molecule has 2 aromatic carbocycles. The molecule has 0 bridgehead atoms. The zero-order chi connectivity index (χ0) is 18.8. The fraction of sp³-hybridized carbons (Fsp3) is 0.200. The van der Waals surface area contributed by atoms with Gasteiger partial charge in [-0.05, 0) is 56.2 Å². The number of hydrogen-bond acceptors (Lipinski definition) is 5. The second-order valence-corrected chi connectivity index (χ2v) is 6.49. The highest BCUT2D eigenvalue weighted by atomic mass is 16.5. The van der Waals surface area contributed by atoms with Gasteiger partial charge in [-0.2, -0.15) is 4.98 Å². The third-order valence-corrected chi connectivity index (χ3v) is 4.29. The van der Waals surface area contributed by atoms with Crippen LogP contribution in [-0.2, 0) is 4.79 Å². The van der Waals surface area contributed by atoms with Crippen molar-refractivity contribution in [3.05, 3.63) is 59.9 Å². The van der Waals surface area contributed by atoms with Crippen LogP contribution in [0, 0.1) is 12.8 Å². The van der Waals surface area contributed by atoms with E-state index in [1.807, 2.05) is 6.07 Å². The van der Waals surface area contributed by atoms with Crippen LogP contribution in [0.2, 0.25) is 0 Å². The van der Waals surface area contributed by atoms with E-state index in [-0.39, 0.29) is 17.7 Å². The summed E-state index contributed by atoms with van der Waals surface area (Å²) in [5.41, 5.74) is 2.35. The number of nitrogens with zero attached hydrogens (tertiary/aromatic N) is 2. The summed E-state index contributed by atoms with van der Waals surface area (Å²) in [6, 6.07) is 14.1. The average Bonchev–Trinajstić information content (AvgIpc) is 3.44. The zero-order valence-corrected chi connectivity index (χ0v) is 14.7. The number of carbonyl (C=O) groups is 2. The number of rotatable bonds is 5. The molecule has 0 atom stereocenters. The third-order valence-electron chi connectivity index (χ3n) is 4.29. The van der Waals surface area contributed by atoms with E-state index in [0.29, 0.717) is 34.2 Å². The molecule has 1 aliphatic carbocycles. The van der Waals surface area contributed by atoms with Crippen molar-refractivity contribution in [3.8, 4) is 11.5 Å². The molecule has 0 unspecified atom stereocenters. The molecule has 1 aromatic heterocycles. The van der Waals surface area contributed by atoms with E-state index < -0.39 is 0 Å². The van der Waals surface area contributed by atoms with Gasteiger partial charge in [-0.15, -0.1) is 0 Å². The van der Waals surface area contributed by atoms with Crippen molar-refractivity contribution in [3.63, 3.8) is 0 Å². The highest BCUT2D eigenvalue weighted by molar-refractivity contribution is 6.08. The molecule has 4 rings (SSSR count). The van der Waals surface area contributed by atoms with Crippen molar-refractivity contribution in [2.24, 2.45) is 5.92 Å². The van der Waals surface area contributed by atoms with Crippen LogP contribution in [0.4, 0.5) is 11.4 Å². The van der Waals surface area contributed by atoms with Gasteiger partial charge in [-0.1, -0.05) is 17.3 Å². The number of aryl methyl sites for hydroxylation is 1. The molecule has 27 heavy (non-hydrogen) atoms. The van der Waals surface area contributed by atoms with Gasteiger partial charge in [0.1, 0.15) is 0 Å². The van der Waals surface area contributed by atoms with Gasteiger partial charge in [-0.3, -0.25) is 9.59 Å². The fourth-order valence-electron chi connectivity index (χ4n) is 2.70. The van der Waals surface area contributed by atoms with Gasteiger partial charge in [0.05, 0.1) is 11.1 Å². The van der Waals surface area contributed by atoms with Gasteiger partial charge in [-0.25, -0.2) is 0 Å². The van der Waals surface area contributed by atoms with E-state index in [0.717, 1.165) is 12.8 Å². The molecule has 1 aliphatic rings. The van der Waals surface area contributed by atoms with Crippen molar-refractivity contribution in [1.29, 1.82) is 0 Å². The van der Waals surface area contributed by atoms with Gasteiger partial charge in [0, 0.05) is 17.3 Å². The molecule has 0 saturated heterocycles. The van der Waals surface area contributed by atoms with Gasteiger partial charge in [0.25, 0.3) is 11.8 Å². The molecule has 2 amide bonds. The summed E-state index contributed by atoms with van der Waals surface area (Å²) in [7, 11) is 0. The maximum atomic E-state index is 12.7. The van der Waals surface area contributed by atoms with Gasteiger partial charge in [0.15, 0.2) is 5.82 Å². The second kappa shape index (κ2) is 7.03. The lowest BCUT2D eigenvalue weighted by Crippen LogP contribution is -2.14. The van der Waals surface area contributed by atoms with Crippen LogP contribution in [0.1, 0.15) is 29.0 Å². The quantitative estimate of drug-likeness (QED) is 0.722. The third kappa shape index (κ3) is 3.87. The first-order valence-corrected chi connectivity index (χ1v) is 8.72. The van der Waals surface area contributed by atoms with Crippen LogP contribution in [0.25, 0.3) is 11.5 Å². The van der Waals surface area contributed by atoms with Crippen LogP contribution in [0.15, 0.2) is 53.1 Å². The molecule has 1 heterocycles. The first kappa shape index (κ1) is 17.0. The molecule has 1 saturated carbocycles. The molecular formula is C20H18N4O3. The number of benzene rings is 2. The summed E-state index contributed by atoms with van der Waals surface area (Å²) in [6.07, 6.45) is 1.91. The van der Waals surface area contributed by atoms with E-state index in [1.165, 1.54) is 0 Å². The summed E-state index contributed by atoms with van der Waals surface area (Å²) in [6.45, 7) is 1.72. The summed E-state index contributed by atoms with van der Waals surface area (Å²) in [5, 5.41) is 9.49. The second-order valence-electron chi connectivity index (χ2n) is 6.49. The van der Waals surface area contributed by atoms with E-state index in [1.54, 1.807) is 49.4 Å². The number of nitrogens with one attached hydrogen (secondary N) is 2. The molecular weight excluding hydrogens is 344 g/mol. The number of anilines is 2. The minimum Gasteiger partial charge on any atom is -0.334 e. The minimum atomic E-state index is -0.281. The average molecular weight is 362 g/mol. The van der Waals surface area contributed by atoms with E-state index in [2.05, 4.69) is 20.8 Å². The molecule has 0 spiro atoms. The van der Waals surface area contributed by atoms with Gasteiger partial charge < -0.3 is 15.2 Å². The first-order valence-electron chi connectivity index (χ1n) is 8.72. The standard InChI is InChI=1S/C20H18N4O3/c1-12-21-20(27-24-12)17-5-3-2-4-16(17)19(26)23-15-10-8-14(9-11-15)22-18(25)13-6-7-13/h2-5,8-11,13H,6-7H2,1H3,(H,22,25)(H,23,26). The van der Waals surface area contributed by atoms with Crippen molar-refractivity contribution < 1.29 is 14.1 Å². The summed E-state index contributed by atoms with van der Waals surface area (Å²) < 4.78 is 5.19. The highest BCUT2D eigenvalue weighted by Gasteiger charge is 2.29. The summed E-state index contributed by atoms with van der Waals surface area (Å²) in [4.78, 5) is 28.7. The Balaban J connectivity index is 1.48. The van der Waals surface area contributed by atoms with Crippen molar-refractivity contribution >= 4 is 23.2 Å². The normalized spacial score (nSPS) is 13.2. The lowest BCUT2D eigenvalue weighted by atomic mass is 10.1. The largest absolute Gasteiger partial charge is 0.334 e. The molecule has 0 radical (unpaired) electrons. The highest BCUT2D eigenvalue weighted by Crippen LogP contribution is 2.30. The Morgan fingerprint density at radius 2 is 1.67 bits per heavy atom. The Hall–Kier alpha value is -3.48. The molecule has 1 fully saturated rings. The topological polar surface area (TPSA) is 97.1 Å². The van der Waals surface area contributed by atoms with Crippen LogP contribution in [0.3, 0.4) is 0 Å². The smallest absolute Gasteiger partial charge is 0.258 e. The predicted molar refractivity (Wildman–Crippen MR) is 100 cm³/mol. The fourth-order valence-corrected chi connectivity index (χ4v) is 2.70. The molecule has 2 N–H and O–H groups in total. The maximum Gasteiger partial charge on any atom is 0.258 e. The van der Waals surface area contributed by atoms with Gasteiger partial charge >= 0.3 is 0 Å². The summed E-state index contributed by atoms with van der Waals surface area (Å²) in [5.74, 6) is 0.724. The first-order chi connectivity index (χ1) is 13.1. The predicted octanol–water partition coefficient (Wildman–Crippen LogP) is 3.65. The molecule has 7 heteroatoms. The Morgan fingerprint density at radius 1 is 1.00 bits per heavy atom. The molecule has 136 valence electrons. The summed E-state index contributed by atoms with van der Waals surface area (Å²) >= 11 is 0. The SMILES string of the molecule is Cc1noc(-c2ccccc2C(=O)Nc2ccc(NC(=O)C3CC3)cc2)n1. The van der Waals surface area contributed by atoms with E-state index in [4.69, 9.17) is 4.52 Å². The number of hydrogen-bond donors (Lipinski definition) is 2. The van der Waals surface area contributed by atoms with Crippen LogP contribution < -0.4 is 10.6 Å². The number of carbonyl (C=O) groups excluding carboxylic acids is 2.